The van der Waals surface area contributed by atoms with E-state index in [1.165, 1.54) is 10.5 Å². The van der Waals surface area contributed by atoms with Gasteiger partial charge in [0.05, 0.1) is 6.54 Å². The average Bonchev–Trinajstić information content (AvgIpc) is 3.12. The second kappa shape index (κ2) is 15.8. The molecule has 1 N–H and O–H groups in total. The van der Waals surface area contributed by atoms with Gasteiger partial charge >= 0.3 is 6.09 Å². The van der Waals surface area contributed by atoms with Gasteiger partial charge in [-0.1, -0.05) is 78.3 Å². The molecule has 2 saturated heterocycles. The Morgan fingerprint density at radius 1 is 0.843 bits per heavy atom. The van der Waals surface area contributed by atoms with Crippen LogP contribution in [0.25, 0.3) is 0 Å². The molecule has 0 radical (unpaired) electrons. The van der Waals surface area contributed by atoms with E-state index in [9.17, 15) is 14.4 Å². The van der Waals surface area contributed by atoms with Crippen molar-refractivity contribution in [3.05, 3.63) is 106 Å². The van der Waals surface area contributed by atoms with Crippen LogP contribution >= 0.6 is 11.6 Å². The van der Waals surface area contributed by atoms with E-state index in [2.05, 4.69) is 52.5 Å². The predicted molar refractivity (Wildman–Crippen MR) is 201 cm³/mol. The van der Waals surface area contributed by atoms with Crippen molar-refractivity contribution < 1.29 is 19.1 Å². The lowest BCUT2D eigenvalue weighted by Gasteiger charge is -2.51. The first-order chi connectivity index (χ1) is 24.4. The Bertz CT molecular complexity index is 1660. The maximum Gasteiger partial charge on any atom is 0.411 e. The van der Waals surface area contributed by atoms with Crippen molar-refractivity contribution in [2.45, 2.75) is 82.6 Å². The van der Waals surface area contributed by atoms with Crippen LogP contribution in [0.1, 0.15) is 55.9 Å². The van der Waals surface area contributed by atoms with Gasteiger partial charge in [0.1, 0.15) is 17.7 Å². The Balaban J connectivity index is 1.20. The quantitative estimate of drug-likeness (QED) is 0.328. The fourth-order valence-electron chi connectivity index (χ4n) is 7.83. The van der Waals surface area contributed by atoms with Crippen molar-refractivity contribution in [2.24, 2.45) is 0 Å². The molecule has 0 spiro atoms. The lowest BCUT2D eigenvalue weighted by molar-refractivity contribution is -0.140. The van der Waals surface area contributed by atoms with Gasteiger partial charge in [-0.15, -0.1) is 0 Å². The molecule has 3 aromatic rings. The number of hydrogen-bond acceptors (Lipinski definition) is 6. The lowest BCUT2D eigenvalue weighted by Crippen LogP contribution is -2.64. The van der Waals surface area contributed by atoms with E-state index in [1.807, 2.05) is 62.1 Å². The minimum atomic E-state index is -0.825. The highest BCUT2D eigenvalue weighted by molar-refractivity contribution is 6.30. The average molecular weight is 714 g/mol. The number of hydrogen-bond donors (Lipinski definition) is 1. The predicted octanol–water partition coefficient (Wildman–Crippen LogP) is 5.58. The van der Waals surface area contributed by atoms with E-state index < -0.39 is 23.8 Å². The molecular weight excluding hydrogens is 662 g/mol. The van der Waals surface area contributed by atoms with E-state index in [1.54, 1.807) is 12.1 Å². The van der Waals surface area contributed by atoms with Gasteiger partial charge in [0.2, 0.25) is 11.8 Å². The Kier molecular flexibility index (Phi) is 11.4. The van der Waals surface area contributed by atoms with Crippen molar-refractivity contribution in [1.29, 1.82) is 0 Å². The van der Waals surface area contributed by atoms with Crippen LogP contribution in [0.3, 0.4) is 0 Å². The number of nitrogens with one attached hydrogen (secondary N) is 1. The fourth-order valence-corrected chi connectivity index (χ4v) is 7.96. The first kappa shape index (κ1) is 36.9. The zero-order valence-electron chi connectivity index (χ0n) is 30.4. The van der Waals surface area contributed by atoms with E-state index >= 15 is 0 Å². The minimum Gasteiger partial charge on any atom is -0.444 e. The number of benzene rings is 3. The first-order valence-corrected chi connectivity index (χ1v) is 18.6. The molecule has 3 aliphatic rings. The summed E-state index contributed by atoms with van der Waals surface area (Å²) in [4.78, 5) is 50.6. The molecule has 0 saturated carbocycles. The van der Waals surface area contributed by atoms with E-state index in [0.29, 0.717) is 31.0 Å². The molecule has 3 heterocycles. The van der Waals surface area contributed by atoms with Gasteiger partial charge in [-0.3, -0.25) is 19.4 Å². The summed E-state index contributed by atoms with van der Waals surface area (Å²) in [6.45, 7) is 10.5. The second-order valence-corrected chi connectivity index (χ2v) is 15.9. The molecule has 9 nitrogen and oxygen atoms in total. The number of carbonyl (C=O) groups is 3. The van der Waals surface area contributed by atoms with E-state index in [-0.39, 0.29) is 23.9 Å². The van der Waals surface area contributed by atoms with Gasteiger partial charge in [0, 0.05) is 49.6 Å². The van der Waals surface area contributed by atoms with Crippen LogP contribution in [-0.2, 0) is 40.1 Å². The van der Waals surface area contributed by atoms with Crippen molar-refractivity contribution in [3.8, 4) is 0 Å². The maximum absolute atomic E-state index is 14.4. The summed E-state index contributed by atoms with van der Waals surface area (Å²) in [5.41, 5.74) is 3.54. The molecule has 3 amide bonds. The van der Waals surface area contributed by atoms with Crippen LogP contribution in [0.2, 0.25) is 5.02 Å². The standard InChI is InChI=1S/C41H52ClN5O4/c1-40(2,3)51-39(50)47-29-33-13-9-8-12-32(33)27-36(47)37(48)43-35(26-30-14-16-34(42)17-15-30)38(49)45-22-24-46(25-23-45)41(18-20-44(4)21-19-41)28-31-10-6-5-7-11-31/h5-17,35-36H,18-29H2,1-4H3,(H,43,48)/t35-,36-/m1/s1. The zero-order chi connectivity index (χ0) is 36.2. The van der Waals surface area contributed by atoms with Crippen LogP contribution in [0.5, 0.6) is 0 Å². The third-order valence-electron chi connectivity index (χ3n) is 10.7. The summed E-state index contributed by atoms with van der Waals surface area (Å²) < 4.78 is 5.75. The van der Waals surface area contributed by atoms with E-state index in [4.69, 9.17) is 16.3 Å². The lowest BCUT2D eigenvalue weighted by atomic mass is 9.80. The Labute approximate surface area is 307 Å². The summed E-state index contributed by atoms with van der Waals surface area (Å²) in [6, 6.07) is 24.3. The number of carbonyl (C=O) groups excluding carboxylic acids is 3. The summed E-state index contributed by atoms with van der Waals surface area (Å²) in [7, 11) is 2.19. The highest BCUT2D eigenvalue weighted by atomic mass is 35.5. The topological polar surface area (TPSA) is 85.4 Å². The van der Waals surface area contributed by atoms with Crippen molar-refractivity contribution in [2.75, 3.05) is 46.3 Å². The smallest absolute Gasteiger partial charge is 0.411 e. The van der Waals surface area contributed by atoms with Crippen molar-refractivity contribution >= 4 is 29.5 Å². The highest BCUT2D eigenvalue weighted by Gasteiger charge is 2.43. The number of rotatable bonds is 8. The van der Waals surface area contributed by atoms with Gasteiger partial charge in [-0.2, -0.15) is 0 Å². The molecule has 3 aromatic carbocycles. The molecule has 2 atom stereocenters. The summed E-state index contributed by atoms with van der Waals surface area (Å²) in [6.07, 6.45) is 3.25. The molecule has 0 unspecified atom stereocenters. The minimum absolute atomic E-state index is 0.0440. The molecule has 51 heavy (non-hydrogen) atoms. The SMILES string of the molecule is CN1CCC(Cc2ccccc2)(N2CCN(C(=O)[C@@H](Cc3ccc(Cl)cc3)NC(=O)[C@H]3Cc4ccccc4CN3C(=O)OC(C)(C)C)CC2)CC1. The molecule has 0 bridgehead atoms. The van der Waals surface area contributed by atoms with Gasteiger partial charge in [-0.05, 0) is 94.6 Å². The van der Waals surface area contributed by atoms with Crippen LogP contribution in [-0.4, -0.2) is 107 Å². The van der Waals surface area contributed by atoms with Crippen molar-refractivity contribution in [1.82, 2.24) is 24.9 Å². The largest absolute Gasteiger partial charge is 0.444 e. The number of amides is 3. The number of piperazine rings is 1. The Morgan fingerprint density at radius 3 is 2.12 bits per heavy atom. The van der Waals surface area contributed by atoms with Gasteiger partial charge < -0.3 is 19.9 Å². The Hall–Kier alpha value is -3.92. The molecule has 6 rings (SSSR count). The molecule has 3 aliphatic heterocycles. The van der Waals surface area contributed by atoms with Crippen LogP contribution in [0.15, 0.2) is 78.9 Å². The van der Waals surface area contributed by atoms with Gasteiger partial charge in [-0.25, -0.2) is 4.79 Å². The summed E-state index contributed by atoms with van der Waals surface area (Å²) in [5, 5.41) is 3.72. The number of nitrogens with zero attached hydrogens (tertiary/aromatic N) is 4. The molecule has 272 valence electrons. The normalized spacial score (nSPS) is 20.3. The Morgan fingerprint density at radius 2 is 1.47 bits per heavy atom. The fraction of sp³-hybridized carbons (Fsp3) is 0.488. The third-order valence-corrected chi connectivity index (χ3v) is 11.0. The second-order valence-electron chi connectivity index (χ2n) is 15.5. The summed E-state index contributed by atoms with van der Waals surface area (Å²) in [5.74, 6) is -0.479. The van der Waals surface area contributed by atoms with Crippen LogP contribution in [0.4, 0.5) is 4.79 Å². The van der Waals surface area contributed by atoms with Crippen LogP contribution in [0, 0.1) is 0 Å². The van der Waals surface area contributed by atoms with Gasteiger partial charge in [0.25, 0.3) is 0 Å². The summed E-state index contributed by atoms with van der Waals surface area (Å²) >= 11 is 6.20. The molecular formula is C41H52ClN5O4. The highest BCUT2D eigenvalue weighted by Crippen LogP contribution is 2.34. The number of ether oxygens (including phenoxy) is 1. The van der Waals surface area contributed by atoms with Gasteiger partial charge in [0.15, 0.2) is 0 Å². The molecule has 0 aromatic heterocycles. The monoisotopic (exact) mass is 713 g/mol. The number of halogens is 1. The molecule has 2 fully saturated rings. The van der Waals surface area contributed by atoms with Crippen molar-refractivity contribution in [3.63, 3.8) is 0 Å². The zero-order valence-corrected chi connectivity index (χ0v) is 31.2. The van der Waals surface area contributed by atoms with Crippen LogP contribution < -0.4 is 5.32 Å². The first-order valence-electron chi connectivity index (χ1n) is 18.3. The van der Waals surface area contributed by atoms with E-state index in [0.717, 1.165) is 62.1 Å². The maximum atomic E-state index is 14.4. The number of piperidine rings is 1. The molecule has 10 heteroatoms. The number of likely N-dealkylation sites (tertiary alicyclic amines) is 1. The number of fused-ring (bicyclic) bond motifs is 1. The third kappa shape index (κ3) is 9.12. The molecule has 0 aliphatic carbocycles.